The summed E-state index contributed by atoms with van der Waals surface area (Å²) in [6.45, 7) is -0.891. The monoisotopic (exact) mass is 282 g/mol. The van der Waals surface area contributed by atoms with Gasteiger partial charge in [-0.2, -0.15) is 0 Å². The second-order valence-corrected chi connectivity index (χ2v) is 4.27. The van der Waals surface area contributed by atoms with E-state index < -0.39 is 39.1 Å². The van der Waals surface area contributed by atoms with Crippen molar-refractivity contribution in [2.75, 3.05) is 6.61 Å². The van der Waals surface area contributed by atoms with Crippen LogP contribution in [0.5, 0.6) is 0 Å². The molecule has 2 unspecified atom stereocenters. The third kappa shape index (κ3) is 5.69. The van der Waals surface area contributed by atoms with Crippen molar-refractivity contribution < 1.29 is 48.8 Å². The number of aliphatic hydroxyl groups is 3. The zero-order valence-electron chi connectivity index (χ0n) is 5.21. The minimum absolute atomic E-state index is 0.891. The van der Waals surface area contributed by atoms with Crippen molar-refractivity contribution in [1.29, 1.82) is 0 Å². The summed E-state index contributed by atoms with van der Waals surface area (Å²) in [6, 6.07) is 0. The van der Waals surface area contributed by atoms with Gasteiger partial charge in [-0.15, -0.1) is 0 Å². The molecular formula is C3H7IO7. The lowest BCUT2D eigenvalue weighted by Gasteiger charge is -2.12. The molecule has 3 N–H and O–H groups in total. The Bertz CT molecular complexity index is 111. The summed E-state index contributed by atoms with van der Waals surface area (Å²) in [5, 5.41) is 25.1. The lowest BCUT2D eigenvalue weighted by atomic mass is 10.4. The zero-order valence-corrected chi connectivity index (χ0v) is 7.37. The second kappa shape index (κ2) is 4.47. The van der Waals surface area contributed by atoms with Crippen LogP contribution in [0, 0.1) is 0 Å². The Kier molecular flexibility index (Phi) is 4.65. The first-order valence-corrected chi connectivity index (χ1v) is 5.95. The van der Waals surface area contributed by atoms with Crippen molar-refractivity contribution >= 4 is 0 Å². The molecule has 0 spiro atoms. The van der Waals surface area contributed by atoms with Gasteiger partial charge in [-0.25, -0.2) is 0 Å². The average Bonchev–Trinajstić information content (AvgIpc) is 1.82. The van der Waals surface area contributed by atoms with Gasteiger partial charge in [0.05, 0.1) is 9.67 Å². The molecule has 8 heteroatoms. The number of hydrogen-bond acceptors (Lipinski definition) is 7. The van der Waals surface area contributed by atoms with Crippen molar-refractivity contribution in [3.8, 4) is 0 Å². The third-order valence-electron chi connectivity index (χ3n) is 0.717. The van der Waals surface area contributed by atoms with Gasteiger partial charge in [0.25, 0.3) is 0 Å². The fraction of sp³-hybridized carbons (Fsp3) is 1.00. The highest BCUT2D eigenvalue weighted by Crippen LogP contribution is 1.87. The molecule has 0 aliphatic rings. The lowest BCUT2D eigenvalue weighted by molar-refractivity contribution is -1.92. The summed E-state index contributed by atoms with van der Waals surface area (Å²) in [7, 11) is 0. The minimum atomic E-state index is -5.96. The Morgan fingerprint density at radius 1 is 1.27 bits per heavy atom. The van der Waals surface area contributed by atoms with E-state index in [9.17, 15) is 10.3 Å². The molecular weight excluding hydrogens is 275 g/mol. The van der Waals surface area contributed by atoms with Crippen LogP contribution in [0.4, 0.5) is 0 Å². The molecule has 0 heterocycles. The van der Waals surface area contributed by atoms with E-state index in [1.54, 1.807) is 0 Å². The SMILES string of the molecule is [O-][I+3]([O-])([O-])OC(O)C(O)CO. The van der Waals surface area contributed by atoms with Crippen LogP contribution in [0.15, 0.2) is 0 Å². The molecule has 0 aliphatic heterocycles. The molecule has 0 saturated heterocycles. The highest BCUT2D eigenvalue weighted by atomic mass is 127. The Balaban J connectivity index is 3.77. The minimum Gasteiger partial charge on any atom is -0.393 e. The van der Waals surface area contributed by atoms with Gasteiger partial charge in [-0.05, 0) is 0 Å². The number of halogens is 1. The average molecular weight is 282 g/mol. The fourth-order valence-electron chi connectivity index (χ4n) is 0.261. The van der Waals surface area contributed by atoms with E-state index in [1.807, 2.05) is 0 Å². The maximum absolute atomic E-state index is 9.83. The van der Waals surface area contributed by atoms with Gasteiger partial charge in [0.2, 0.25) is 0 Å². The van der Waals surface area contributed by atoms with Crippen LogP contribution >= 0.6 is 0 Å². The van der Waals surface area contributed by atoms with Crippen LogP contribution in [0.1, 0.15) is 0 Å². The van der Waals surface area contributed by atoms with Gasteiger partial charge in [0.1, 0.15) is 6.10 Å². The molecule has 7 nitrogen and oxygen atoms in total. The smallest absolute Gasteiger partial charge is 0.376 e. The Hall–Kier alpha value is 0.450. The normalized spacial score (nSPS) is 18.0. The zero-order chi connectivity index (χ0) is 9.07. The molecule has 0 amide bonds. The van der Waals surface area contributed by atoms with Crippen molar-refractivity contribution in [3.05, 3.63) is 0 Å². The highest BCUT2D eigenvalue weighted by Gasteiger charge is 2.36. The molecule has 0 aromatic rings. The topological polar surface area (TPSA) is 139 Å². The highest BCUT2D eigenvalue weighted by molar-refractivity contribution is 4.51. The Morgan fingerprint density at radius 3 is 2.00 bits per heavy atom. The molecule has 0 aromatic carbocycles. The molecule has 0 rings (SSSR count). The van der Waals surface area contributed by atoms with Crippen molar-refractivity contribution in [2.24, 2.45) is 0 Å². The first-order chi connectivity index (χ1) is 4.87. The van der Waals surface area contributed by atoms with Crippen molar-refractivity contribution in [2.45, 2.75) is 12.4 Å². The maximum Gasteiger partial charge on any atom is 0.376 e. The molecule has 0 radical (unpaired) electrons. The van der Waals surface area contributed by atoms with Crippen LogP contribution in [-0.2, 0) is 3.07 Å². The molecule has 0 aromatic heterocycles. The molecule has 11 heavy (non-hydrogen) atoms. The largest absolute Gasteiger partial charge is 0.393 e. The fourth-order valence-corrected chi connectivity index (χ4v) is 1.24. The van der Waals surface area contributed by atoms with Gasteiger partial charge in [0.15, 0.2) is 0 Å². The van der Waals surface area contributed by atoms with Crippen LogP contribution in [-0.4, -0.2) is 34.3 Å². The van der Waals surface area contributed by atoms with E-state index in [2.05, 4.69) is 3.07 Å². The first kappa shape index (κ1) is 11.4. The molecule has 0 aliphatic carbocycles. The molecule has 0 fully saturated rings. The summed E-state index contributed by atoms with van der Waals surface area (Å²) >= 11 is -5.96. The predicted molar refractivity (Wildman–Crippen MR) is 20.2 cm³/mol. The van der Waals surface area contributed by atoms with E-state index in [4.69, 9.17) is 15.3 Å². The lowest BCUT2D eigenvalue weighted by Crippen LogP contribution is -4.24. The van der Waals surface area contributed by atoms with Crippen LogP contribution in [0.2, 0.25) is 0 Å². The molecule has 68 valence electrons. The van der Waals surface area contributed by atoms with Crippen molar-refractivity contribution in [3.63, 3.8) is 0 Å². The third-order valence-corrected chi connectivity index (χ3v) is 1.86. The predicted octanol–water partition coefficient (Wildman–Crippen LogP) is -8.42. The number of hydrogen-bond donors (Lipinski definition) is 3. The van der Waals surface area contributed by atoms with Crippen LogP contribution < -0.4 is 30.4 Å². The van der Waals surface area contributed by atoms with E-state index >= 15 is 0 Å². The van der Waals surface area contributed by atoms with Gasteiger partial charge in [-0.3, -0.25) is 10.3 Å². The summed E-state index contributed by atoms with van der Waals surface area (Å²) in [4.78, 5) is 0. The van der Waals surface area contributed by atoms with Gasteiger partial charge < -0.3 is 15.3 Å². The Morgan fingerprint density at radius 2 is 1.73 bits per heavy atom. The number of rotatable bonds is 4. The van der Waals surface area contributed by atoms with E-state index in [0.29, 0.717) is 0 Å². The summed E-state index contributed by atoms with van der Waals surface area (Å²) in [6.07, 6.45) is -3.96. The van der Waals surface area contributed by atoms with E-state index in [-0.39, 0.29) is 0 Å². The molecule has 2 atom stereocenters. The van der Waals surface area contributed by atoms with Crippen LogP contribution in [0.3, 0.4) is 0 Å². The van der Waals surface area contributed by atoms with E-state index in [1.165, 1.54) is 0 Å². The summed E-state index contributed by atoms with van der Waals surface area (Å²) < 4.78 is 32.9. The summed E-state index contributed by atoms with van der Waals surface area (Å²) in [5.74, 6) is 0. The molecule has 0 bridgehead atoms. The van der Waals surface area contributed by atoms with Gasteiger partial charge >= 0.3 is 26.4 Å². The summed E-state index contributed by atoms with van der Waals surface area (Å²) in [5.41, 5.74) is 0. The van der Waals surface area contributed by atoms with Crippen LogP contribution in [0.25, 0.3) is 0 Å². The van der Waals surface area contributed by atoms with Gasteiger partial charge in [-0.1, -0.05) is 0 Å². The quantitative estimate of drug-likeness (QED) is 0.343. The Labute approximate surface area is 68.2 Å². The van der Waals surface area contributed by atoms with E-state index in [0.717, 1.165) is 0 Å². The number of aliphatic hydroxyl groups excluding tert-OH is 3. The molecule has 0 saturated carbocycles. The van der Waals surface area contributed by atoms with Gasteiger partial charge in [0, 0.05) is 0 Å². The van der Waals surface area contributed by atoms with Crippen molar-refractivity contribution in [1.82, 2.24) is 0 Å². The maximum atomic E-state index is 9.83. The standard InChI is InChI=1S/C3H7IO7/c5-1-2(6)3(7)11-4(8,9)10/h2-3,5-7H,1H2. The second-order valence-electron chi connectivity index (χ2n) is 1.61. The first-order valence-electron chi connectivity index (χ1n) is 2.43.